The Morgan fingerprint density at radius 2 is 1.90 bits per heavy atom. The molecule has 0 aliphatic carbocycles. The van der Waals surface area contributed by atoms with Crippen molar-refractivity contribution in [2.45, 2.75) is 26.8 Å². The first kappa shape index (κ1) is 21.4. The summed E-state index contributed by atoms with van der Waals surface area (Å²) in [5.74, 6) is 0.394. The Kier molecular flexibility index (Phi) is 7.43. The minimum Gasteiger partial charge on any atom is -0.361 e. The van der Waals surface area contributed by atoms with E-state index in [0.717, 1.165) is 35.0 Å². The molecule has 1 heterocycles. The molecule has 3 aromatic rings. The van der Waals surface area contributed by atoms with Gasteiger partial charge in [0.15, 0.2) is 5.96 Å². The fraction of sp³-hybridized carbons (Fsp3) is 0.304. The lowest BCUT2D eigenvalue weighted by Gasteiger charge is -2.11. The van der Waals surface area contributed by atoms with E-state index in [1.54, 1.807) is 12.1 Å². The Hall–Kier alpha value is -3.35. The number of nitrogens with zero attached hydrogens (tertiary/aromatic N) is 1. The van der Waals surface area contributed by atoms with Crippen molar-refractivity contribution in [2.24, 2.45) is 4.99 Å². The number of amides is 1. The summed E-state index contributed by atoms with van der Waals surface area (Å²) in [4.78, 5) is 19.8. The molecule has 158 valence electrons. The lowest BCUT2D eigenvalue weighted by atomic mass is 10.1. The molecule has 3 rings (SSSR count). The van der Waals surface area contributed by atoms with Crippen LogP contribution in [-0.2, 0) is 13.0 Å². The molecule has 0 aliphatic rings. The van der Waals surface area contributed by atoms with Gasteiger partial charge in [-0.25, -0.2) is 9.38 Å². The van der Waals surface area contributed by atoms with Crippen LogP contribution in [-0.4, -0.2) is 36.5 Å². The SMILES string of the molecule is CCNC(=O)c1cccc(CN=C(NCC)NCCc2c[nH]c3cc(F)ccc23)c1. The van der Waals surface area contributed by atoms with E-state index in [1.807, 2.05) is 38.2 Å². The summed E-state index contributed by atoms with van der Waals surface area (Å²) >= 11 is 0. The first-order chi connectivity index (χ1) is 14.6. The summed E-state index contributed by atoms with van der Waals surface area (Å²) in [7, 11) is 0. The highest BCUT2D eigenvalue weighted by atomic mass is 19.1. The van der Waals surface area contributed by atoms with Gasteiger partial charge in [-0.3, -0.25) is 4.79 Å². The Balaban J connectivity index is 1.60. The highest BCUT2D eigenvalue weighted by Gasteiger charge is 2.07. The minimum atomic E-state index is -0.244. The van der Waals surface area contributed by atoms with Crippen LogP contribution in [0.2, 0.25) is 0 Å². The standard InChI is InChI=1S/C23H28FN5O/c1-3-25-22(30)17-7-5-6-16(12-17)14-29-23(26-4-2)27-11-10-18-15-28-21-13-19(24)8-9-20(18)21/h5-9,12-13,15,28H,3-4,10-11,14H2,1-2H3,(H,25,30)(H2,26,27,29). The molecule has 4 N–H and O–H groups in total. The average molecular weight is 410 g/mol. The average Bonchev–Trinajstić information content (AvgIpc) is 3.14. The number of halogens is 1. The minimum absolute atomic E-state index is 0.0769. The number of carbonyl (C=O) groups excluding carboxylic acids is 1. The fourth-order valence-corrected chi connectivity index (χ4v) is 3.27. The van der Waals surface area contributed by atoms with E-state index in [4.69, 9.17) is 0 Å². The molecule has 0 unspecified atom stereocenters. The maximum absolute atomic E-state index is 13.3. The number of hydrogen-bond donors (Lipinski definition) is 4. The Bertz CT molecular complexity index is 1030. The quantitative estimate of drug-likeness (QED) is 0.340. The first-order valence-corrected chi connectivity index (χ1v) is 10.3. The van der Waals surface area contributed by atoms with E-state index < -0.39 is 0 Å². The molecular weight excluding hydrogens is 381 g/mol. The normalized spacial score (nSPS) is 11.5. The Morgan fingerprint density at radius 3 is 2.70 bits per heavy atom. The molecule has 0 saturated heterocycles. The molecule has 2 aromatic carbocycles. The van der Waals surface area contributed by atoms with E-state index in [2.05, 4.69) is 25.9 Å². The van der Waals surface area contributed by atoms with Gasteiger partial charge in [0.25, 0.3) is 5.91 Å². The molecule has 6 nitrogen and oxygen atoms in total. The third-order valence-corrected chi connectivity index (χ3v) is 4.71. The zero-order valence-corrected chi connectivity index (χ0v) is 17.4. The second-order valence-corrected chi connectivity index (χ2v) is 6.94. The maximum Gasteiger partial charge on any atom is 0.251 e. The van der Waals surface area contributed by atoms with Gasteiger partial charge in [-0.15, -0.1) is 0 Å². The van der Waals surface area contributed by atoms with Crippen LogP contribution >= 0.6 is 0 Å². The summed E-state index contributed by atoms with van der Waals surface area (Å²) in [6, 6.07) is 12.3. The zero-order valence-electron chi connectivity index (χ0n) is 17.4. The van der Waals surface area contributed by atoms with Gasteiger partial charge in [0, 0.05) is 42.3 Å². The van der Waals surface area contributed by atoms with Crippen LogP contribution in [0.1, 0.15) is 35.3 Å². The number of aromatic amines is 1. The summed E-state index contributed by atoms with van der Waals surface area (Å²) in [5.41, 5.74) is 3.54. The summed E-state index contributed by atoms with van der Waals surface area (Å²) < 4.78 is 13.3. The van der Waals surface area contributed by atoms with Crippen molar-refractivity contribution >= 4 is 22.8 Å². The number of H-pyrrole nitrogens is 1. The topological polar surface area (TPSA) is 81.3 Å². The molecule has 0 atom stereocenters. The van der Waals surface area contributed by atoms with Crippen LogP contribution < -0.4 is 16.0 Å². The van der Waals surface area contributed by atoms with Gasteiger partial charge in [0.1, 0.15) is 5.82 Å². The molecular formula is C23H28FN5O. The van der Waals surface area contributed by atoms with Gasteiger partial charge in [0.2, 0.25) is 0 Å². The number of carbonyl (C=O) groups is 1. The second kappa shape index (κ2) is 10.4. The van der Waals surface area contributed by atoms with Crippen LogP contribution in [0.5, 0.6) is 0 Å². The fourth-order valence-electron chi connectivity index (χ4n) is 3.27. The van der Waals surface area contributed by atoms with Gasteiger partial charge in [-0.1, -0.05) is 12.1 Å². The number of rotatable bonds is 8. The predicted octanol–water partition coefficient (Wildman–Crippen LogP) is 3.35. The number of aliphatic imine (C=N–C) groups is 1. The van der Waals surface area contributed by atoms with Crippen LogP contribution in [0.25, 0.3) is 10.9 Å². The highest BCUT2D eigenvalue weighted by molar-refractivity contribution is 5.94. The molecule has 7 heteroatoms. The summed E-state index contributed by atoms with van der Waals surface area (Å²) in [6.07, 6.45) is 2.70. The van der Waals surface area contributed by atoms with Crippen molar-refractivity contribution in [3.63, 3.8) is 0 Å². The molecule has 30 heavy (non-hydrogen) atoms. The van der Waals surface area contributed by atoms with Gasteiger partial charge >= 0.3 is 0 Å². The van der Waals surface area contributed by atoms with Gasteiger partial charge in [0.05, 0.1) is 6.54 Å². The molecule has 0 radical (unpaired) electrons. The van der Waals surface area contributed by atoms with E-state index in [-0.39, 0.29) is 11.7 Å². The molecule has 0 saturated carbocycles. The van der Waals surface area contributed by atoms with Gasteiger partial charge in [-0.2, -0.15) is 0 Å². The van der Waals surface area contributed by atoms with Crippen LogP contribution in [0.3, 0.4) is 0 Å². The molecule has 0 fully saturated rings. The number of benzene rings is 2. The van der Waals surface area contributed by atoms with Crippen molar-refractivity contribution in [3.05, 3.63) is 71.2 Å². The predicted molar refractivity (Wildman–Crippen MR) is 119 cm³/mol. The maximum atomic E-state index is 13.3. The highest BCUT2D eigenvalue weighted by Crippen LogP contribution is 2.19. The third kappa shape index (κ3) is 5.59. The summed E-state index contributed by atoms with van der Waals surface area (Å²) in [5, 5.41) is 10.4. The molecule has 1 amide bonds. The zero-order chi connectivity index (χ0) is 21.3. The number of fused-ring (bicyclic) bond motifs is 1. The van der Waals surface area contributed by atoms with Crippen molar-refractivity contribution in [3.8, 4) is 0 Å². The van der Waals surface area contributed by atoms with Crippen molar-refractivity contribution in [1.82, 2.24) is 20.9 Å². The number of nitrogens with one attached hydrogen (secondary N) is 4. The van der Waals surface area contributed by atoms with Gasteiger partial charge < -0.3 is 20.9 Å². The number of hydrogen-bond acceptors (Lipinski definition) is 2. The largest absolute Gasteiger partial charge is 0.361 e. The van der Waals surface area contributed by atoms with E-state index in [9.17, 15) is 9.18 Å². The number of aromatic nitrogens is 1. The van der Waals surface area contributed by atoms with Crippen LogP contribution in [0.4, 0.5) is 4.39 Å². The number of guanidine groups is 1. The smallest absolute Gasteiger partial charge is 0.251 e. The monoisotopic (exact) mass is 409 g/mol. The van der Waals surface area contributed by atoms with E-state index in [0.29, 0.717) is 31.2 Å². The molecule has 0 aliphatic heterocycles. The van der Waals surface area contributed by atoms with Crippen molar-refractivity contribution in [2.75, 3.05) is 19.6 Å². The lowest BCUT2D eigenvalue weighted by molar-refractivity contribution is 0.0955. The van der Waals surface area contributed by atoms with E-state index in [1.165, 1.54) is 12.1 Å². The van der Waals surface area contributed by atoms with Crippen LogP contribution in [0, 0.1) is 5.82 Å². The first-order valence-electron chi connectivity index (χ1n) is 10.3. The Labute approximate surface area is 176 Å². The van der Waals surface area contributed by atoms with Crippen molar-refractivity contribution < 1.29 is 9.18 Å². The van der Waals surface area contributed by atoms with Crippen LogP contribution in [0.15, 0.2) is 53.7 Å². The van der Waals surface area contributed by atoms with Crippen molar-refractivity contribution in [1.29, 1.82) is 0 Å². The molecule has 1 aromatic heterocycles. The lowest BCUT2D eigenvalue weighted by Crippen LogP contribution is -2.38. The second-order valence-electron chi connectivity index (χ2n) is 6.94. The summed E-state index contributed by atoms with van der Waals surface area (Å²) in [6.45, 7) is 6.42. The third-order valence-electron chi connectivity index (χ3n) is 4.71. The van der Waals surface area contributed by atoms with E-state index >= 15 is 0 Å². The van der Waals surface area contributed by atoms with Gasteiger partial charge in [-0.05, 0) is 61.7 Å². The molecule has 0 bridgehead atoms. The Morgan fingerprint density at radius 1 is 1.07 bits per heavy atom. The molecule has 0 spiro atoms.